The van der Waals surface area contributed by atoms with Crippen molar-refractivity contribution in [3.05, 3.63) is 0 Å². The lowest BCUT2D eigenvalue weighted by atomic mass is 9.45. The van der Waals surface area contributed by atoms with Gasteiger partial charge in [-0.25, -0.2) is 0 Å². The summed E-state index contributed by atoms with van der Waals surface area (Å²) < 4.78 is 25.9. The highest BCUT2D eigenvalue weighted by molar-refractivity contribution is 6.17. The highest BCUT2D eigenvalue weighted by atomic mass is 35.5. The number of halogens is 1. The Bertz CT molecular complexity index is 811. The molecule has 0 radical (unpaired) electrons. The molecule has 218 valence electrons. The molecular formula is C32H53ClO5. The number of aliphatic hydroxyl groups is 1. The zero-order chi connectivity index (χ0) is 26.4. The molecule has 5 nitrogen and oxygen atoms in total. The summed E-state index contributed by atoms with van der Waals surface area (Å²) in [5.74, 6) is 3.34. The maximum Gasteiger partial charge on any atom is 0.169 e. The lowest BCUT2D eigenvalue weighted by Crippen LogP contribution is -2.56. The van der Waals surface area contributed by atoms with E-state index in [4.69, 9.17) is 30.5 Å². The molecule has 0 aromatic carbocycles. The molecule has 4 saturated carbocycles. The summed E-state index contributed by atoms with van der Waals surface area (Å²) >= 11 is 5.78. The van der Waals surface area contributed by atoms with Gasteiger partial charge >= 0.3 is 0 Å². The predicted molar refractivity (Wildman–Crippen MR) is 149 cm³/mol. The number of unbranched alkanes of at least 4 members (excludes halogenated alkanes) is 3. The lowest BCUT2D eigenvalue weighted by molar-refractivity contribution is -0.257. The fraction of sp³-hybridized carbons (Fsp3) is 1.00. The van der Waals surface area contributed by atoms with Crippen LogP contribution in [0.5, 0.6) is 0 Å². The van der Waals surface area contributed by atoms with Gasteiger partial charge in [-0.05, 0) is 112 Å². The normalized spacial score (nSPS) is 50.5. The molecule has 1 spiro atoms. The van der Waals surface area contributed by atoms with Crippen LogP contribution < -0.4 is 0 Å². The van der Waals surface area contributed by atoms with Gasteiger partial charge in [0.2, 0.25) is 0 Å². The van der Waals surface area contributed by atoms with Crippen LogP contribution in [0.2, 0.25) is 0 Å². The van der Waals surface area contributed by atoms with E-state index in [0.29, 0.717) is 17.9 Å². The molecule has 0 aromatic heterocycles. The first-order valence-corrected chi connectivity index (χ1v) is 16.7. The second-order valence-corrected chi connectivity index (χ2v) is 14.8. The first-order valence-electron chi connectivity index (χ1n) is 16.2. The van der Waals surface area contributed by atoms with E-state index in [1.807, 2.05) is 0 Å². The third-order valence-corrected chi connectivity index (χ3v) is 12.8. The second kappa shape index (κ2) is 11.4. The summed E-state index contributed by atoms with van der Waals surface area (Å²) in [5, 5.41) is 10.8. The Kier molecular flexibility index (Phi) is 8.47. The quantitative estimate of drug-likeness (QED) is 0.254. The van der Waals surface area contributed by atoms with E-state index in [-0.39, 0.29) is 30.0 Å². The number of fused-ring (bicyclic) bond motifs is 5. The van der Waals surface area contributed by atoms with Gasteiger partial charge in [0.1, 0.15) is 6.10 Å². The van der Waals surface area contributed by atoms with Gasteiger partial charge in [-0.1, -0.05) is 26.7 Å². The SMILES string of the molecule is C[C@]12CCC3(C[C@@H]1CC[C@@H]1[C@@H]2CC[C@]2(C)[C@@H](O)CC[C@@H]12)OCC(C1CCCC(OCCCCCCCl)O1)O3. The van der Waals surface area contributed by atoms with Crippen molar-refractivity contribution < 1.29 is 24.1 Å². The Hall–Kier alpha value is 0.0900. The van der Waals surface area contributed by atoms with Gasteiger partial charge in [-0.3, -0.25) is 0 Å². The van der Waals surface area contributed by atoms with E-state index in [2.05, 4.69) is 13.8 Å². The van der Waals surface area contributed by atoms with Crippen LogP contribution in [0.4, 0.5) is 0 Å². The predicted octanol–water partition coefficient (Wildman–Crippen LogP) is 7.21. The third kappa shape index (κ3) is 5.13. The number of rotatable bonds is 8. The topological polar surface area (TPSA) is 57.2 Å². The fourth-order valence-corrected chi connectivity index (χ4v) is 10.3. The number of aliphatic hydroxyl groups excluding tert-OH is 1. The monoisotopic (exact) mass is 552 g/mol. The van der Waals surface area contributed by atoms with Gasteiger partial charge in [-0.2, -0.15) is 0 Å². The maximum atomic E-state index is 10.8. The zero-order valence-electron chi connectivity index (χ0n) is 24.0. The summed E-state index contributed by atoms with van der Waals surface area (Å²) in [6.45, 7) is 6.42. The number of hydrogen-bond donors (Lipinski definition) is 1. The smallest absolute Gasteiger partial charge is 0.169 e. The first kappa shape index (κ1) is 28.2. The Morgan fingerprint density at radius 3 is 2.55 bits per heavy atom. The minimum Gasteiger partial charge on any atom is -0.393 e. The standard InChI is InChI=1S/C32H53ClO5/c1-30-16-17-32(20-22(30)10-11-23-24-12-13-28(34)31(24,2)15-14-25(23)30)36-21-27(38-32)26-8-7-9-29(37-26)35-19-6-4-3-5-18-33/h22-29,34H,3-21H2,1-2H3/t22-,23-,24-,25-,26?,27?,28-,29?,30-,31-,32?/m0/s1. The van der Waals surface area contributed by atoms with E-state index >= 15 is 0 Å². The third-order valence-electron chi connectivity index (χ3n) is 12.5. The molecule has 4 aliphatic carbocycles. The molecule has 0 amide bonds. The van der Waals surface area contributed by atoms with Crippen molar-refractivity contribution in [2.24, 2.45) is 34.5 Å². The highest BCUT2D eigenvalue weighted by Crippen LogP contribution is 2.67. The van der Waals surface area contributed by atoms with E-state index < -0.39 is 5.79 Å². The molecule has 6 fully saturated rings. The number of alkyl halides is 1. The summed E-state index contributed by atoms with van der Waals surface area (Å²) in [7, 11) is 0. The van der Waals surface area contributed by atoms with E-state index in [9.17, 15) is 5.11 Å². The number of ether oxygens (including phenoxy) is 4. The van der Waals surface area contributed by atoms with Crippen molar-refractivity contribution in [3.63, 3.8) is 0 Å². The Morgan fingerprint density at radius 1 is 0.842 bits per heavy atom. The van der Waals surface area contributed by atoms with Gasteiger partial charge in [-0.15, -0.1) is 11.6 Å². The van der Waals surface area contributed by atoms with Crippen molar-refractivity contribution in [3.8, 4) is 0 Å². The molecular weight excluding hydrogens is 500 g/mol. The summed E-state index contributed by atoms with van der Waals surface area (Å²) in [4.78, 5) is 0. The molecule has 4 unspecified atom stereocenters. The van der Waals surface area contributed by atoms with Crippen molar-refractivity contribution in [1.82, 2.24) is 0 Å². The molecule has 0 bridgehead atoms. The number of hydrogen-bond acceptors (Lipinski definition) is 5. The van der Waals surface area contributed by atoms with Crippen LogP contribution in [-0.4, -0.2) is 54.6 Å². The minimum absolute atomic E-state index is 0.0289. The summed E-state index contributed by atoms with van der Waals surface area (Å²) in [6, 6.07) is 0. The lowest BCUT2D eigenvalue weighted by Gasteiger charge is -2.61. The fourth-order valence-electron chi connectivity index (χ4n) is 10.1. The first-order chi connectivity index (χ1) is 18.4. The van der Waals surface area contributed by atoms with E-state index in [1.165, 1.54) is 51.4 Å². The molecule has 2 heterocycles. The summed E-state index contributed by atoms with van der Waals surface area (Å²) in [5.41, 5.74) is 0.550. The van der Waals surface area contributed by atoms with Crippen molar-refractivity contribution in [2.75, 3.05) is 19.1 Å². The highest BCUT2D eigenvalue weighted by Gasteiger charge is 2.62. The second-order valence-electron chi connectivity index (χ2n) is 14.4. The van der Waals surface area contributed by atoms with Crippen LogP contribution in [0.3, 0.4) is 0 Å². The molecule has 11 atom stereocenters. The maximum absolute atomic E-state index is 10.8. The minimum atomic E-state index is -0.409. The van der Waals surface area contributed by atoms with Crippen LogP contribution in [0, 0.1) is 34.5 Å². The molecule has 2 saturated heterocycles. The van der Waals surface area contributed by atoms with Crippen molar-refractivity contribution in [1.29, 1.82) is 0 Å². The van der Waals surface area contributed by atoms with Crippen LogP contribution in [-0.2, 0) is 18.9 Å². The Labute approximate surface area is 236 Å². The van der Waals surface area contributed by atoms with Gasteiger partial charge in [0.25, 0.3) is 0 Å². The molecule has 2 aliphatic heterocycles. The average Bonchev–Trinajstić information content (AvgIpc) is 3.47. The van der Waals surface area contributed by atoms with Crippen molar-refractivity contribution >= 4 is 11.6 Å². The summed E-state index contributed by atoms with van der Waals surface area (Å²) in [6.07, 6.45) is 18.2. The van der Waals surface area contributed by atoms with Crippen molar-refractivity contribution in [2.45, 2.75) is 147 Å². The van der Waals surface area contributed by atoms with Crippen LogP contribution in [0.25, 0.3) is 0 Å². The van der Waals surface area contributed by atoms with Crippen LogP contribution in [0.15, 0.2) is 0 Å². The molecule has 6 aliphatic rings. The largest absolute Gasteiger partial charge is 0.393 e. The van der Waals surface area contributed by atoms with Crippen LogP contribution in [0.1, 0.15) is 117 Å². The molecule has 0 aromatic rings. The Balaban J connectivity index is 1.02. The molecule has 6 heteroatoms. The zero-order valence-corrected chi connectivity index (χ0v) is 24.8. The molecule has 1 N–H and O–H groups in total. The van der Waals surface area contributed by atoms with E-state index in [0.717, 1.165) is 81.6 Å². The van der Waals surface area contributed by atoms with Gasteiger partial charge < -0.3 is 24.1 Å². The molecule has 6 rings (SSSR count). The van der Waals surface area contributed by atoms with Gasteiger partial charge in [0, 0.05) is 25.3 Å². The van der Waals surface area contributed by atoms with Gasteiger partial charge in [0.05, 0.1) is 18.8 Å². The average molecular weight is 553 g/mol. The Morgan fingerprint density at radius 2 is 1.68 bits per heavy atom. The van der Waals surface area contributed by atoms with Gasteiger partial charge in [0.15, 0.2) is 12.1 Å². The van der Waals surface area contributed by atoms with Crippen LogP contribution >= 0.6 is 11.6 Å². The molecule has 38 heavy (non-hydrogen) atoms. The van der Waals surface area contributed by atoms with E-state index in [1.54, 1.807) is 0 Å².